The maximum Gasteiger partial charge on any atom is 0.308 e. The molecule has 0 bridgehead atoms. The second kappa shape index (κ2) is 6.28. The van der Waals surface area contributed by atoms with Crippen molar-refractivity contribution in [1.29, 1.82) is 0 Å². The highest BCUT2D eigenvalue weighted by molar-refractivity contribution is 7.15. The Morgan fingerprint density at radius 3 is 3.00 bits per heavy atom. The van der Waals surface area contributed by atoms with Gasteiger partial charge >= 0.3 is 5.97 Å². The summed E-state index contributed by atoms with van der Waals surface area (Å²) in [5.74, 6) is -1.84. The summed E-state index contributed by atoms with van der Waals surface area (Å²) < 4.78 is 1.79. The lowest BCUT2D eigenvalue weighted by molar-refractivity contribution is -0.142. The van der Waals surface area contributed by atoms with Crippen LogP contribution in [0.5, 0.6) is 0 Å². The molecule has 2 aromatic heterocycles. The van der Waals surface area contributed by atoms with Gasteiger partial charge in [0, 0.05) is 31.2 Å². The minimum atomic E-state index is -0.933. The molecule has 8 heteroatoms. The maximum atomic E-state index is 12.0. The van der Waals surface area contributed by atoms with Crippen molar-refractivity contribution in [2.75, 3.05) is 13.6 Å². The van der Waals surface area contributed by atoms with E-state index in [9.17, 15) is 9.59 Å². The quantitative estimate of drug-likeness (QED) is 0.855. The molecular formula is C13H14ClN3O3S. The van der Waals surface area contributed by atoms with E-state index in [0.29, 0.717) is 10.8 Å². The molecule has 0 radical (unpaired) electrons. The Morgan fingerprint density at radius 2 is 2.33 bits per heavy atom. The second-order valence-corrected chi connectivity index (χ2v) is 5.87. The highest BCUT2D eigenvalue weighted by Gasteiger charge is 2.16. The van der Waals surface area contributed by atoms with Crippen LogP contribution in [0.2, 0.25) is 5.15 Å². The van der Waals surface area contributed by atoms with E-state index in [1.54, 1.807) is 24.4 Å². The third-order valence-electron chi connectivity index (χ3n) is 2.98. The second-order valence-electron chi connectivity index (χ2n) is 4.63. The summed E-state index contributed by atoms with van der Waals surface area (Å²) >= 11 is 7.47. The molecule has 2 heterocycles. The molecule has 0 saturated heterocycles. The van der Waals surface area contributed by atoms with Crippen LogP contribution in [0.25, 0.3) is 11.0 Å². The van der Waals surface area contributed by atoms with E-state index in [2.05, 4.69) is 4.98 Å². The normalized spacial score (nSPS) is 12.9. The summed E-state index contributed by atoms with van der Waals surface area (Å²) in [4.78, 5) is 29.0. The monoisotopic (exact) mass is 327 g/mol. The lowest BCUT2D eigenvalue weighted by atomic mass is 10.2. The van der Waals surface area contributed by atoms with Crippen molar-refractivity contribution >= 4 is 45.9 Å². The summed E-state index contributed by atoms with van der Waals surface area (Å²) in [5.41, 5.74) is 0.626. The van der Waals surface area contributed by atoms with Crippen molar-refractivity contribution < 1.29 is 14.7 Å². The van der Waals surface area contributed by atoms with Crippen LogP contribution < -0.4 is 0 Å². The molecule has 0 aliphatic heterocycles. The van der Waals surface area contributed by atoms with E-state index >= 15 is 0 Å². The molecule has 0 saturated carbocycles. The summed E-state index contributed by atoms with van der Waals surface area (Å²) in [6.45, 7) is 1.70. The zero-order chi connectivity index (χ0) is 15.6. The fourth-order valence-electron chi connectivity index (χ4n) is 1.78. The van der Waals surface area contributed by atoms with Gasteiger partial charge in [-0.3, -0.25) is 14.0 Å². The molecule has 0 spiro atoms. The van der Waals surface area contributed by atoms with E-state index in [4.69, 9.17) is 16.7 Å². The van der Waals surface area contributed by atoms with E-state index in [0.717, 1.165) is 4.96 Å². The molecular weight excluding hydrogens is 314 g/mol. The number of hydrogen-bond donors (Lipinski definition) is 1. The predicted molar refractivity (Wildman–Crippen MR) is 81.5 cm³/mol. The average molecular weight is 328 g/mol. The summed E-state index contributed by atoms with van der Waals surface area (Å²) in [6, 6.07) is 0. The first-order valence-electron chi connectivity index (χ1n) is 6.17. The van der Waals surface area contributed by atoms with E-state index in [-0.39, 0.29) is 12.5 Å². The van der Waals surface area contributed by atoms with Crippen molar-refractivity contribution in [2.45, 2.75) is 6.92 Å². The van der Waals surface area contributed by atoms with Gasteiger partial charge in [-0.15, -0.1) is 11.3 Å². The third kappa shape index (κ3) is 3.43. The number of carbonyl (C=O) groups is 2. The average Bonchev–Trinajstić information content (AvgIpc) is 2.96. The van der Waals surface area contributed by atoms with Gasteiger partial charge in [0.1, 0.15) is 0 Å². The van der Waals surface area contributed by atoms with Crippen molar-refractivity contribution in [1.82, 2.24) is 14.3 Å². The first-order chi connectivity index (χ1) is 9.90. The number of halogens is 1. The number of rotatable bonds is 5. The Kier molecular flexibility index (Phi) is 4.64. The van der Waals surface area contributed by atoms with Crippen LogP contribution in [0.4, 0.5) is 0 Å². The van der Waals surface area contributed by atoms with Crippen molar-refractivity contribution in [3.63, 3.8) is 0 Å². The Labute approximate surface area is 130 Å². The Bertz CT molecular complexity index is 707. The number of nitrogens with zero attached hydrogens (tertiary/aromatic N) is 3. The maximum absolute atomic E-state index is 12.0. The zero-order valence-electron chi connectivity index (χ0n) is 11.5. The highest BCUT2D eigenvalue weighted by atomic mass is 35.5. The van der Waals surface area contributed by atoms with Crippen LogP contribution in [-0.2, 0) is 9.59 Å². The van der Waals surface area contributed by atoms with Crippen LogP contribution in [0.3, 0.4) is 0 Å². The van der Waals surface area contributed by atoms with Gasteiger partial charge in [0.25, 0.3) is 0 Å². The number of carboxylic acid groups (broad SMARTS) is 1. The molecule has 6 nitrogen and oxygen atoms in total. The van der Waals surface area contributed by atoms with Gasteiger partial charge in [-0.2, -0.15) is 0 Å². The van der Waals surface area contributed by atoms with E-state index < -0.39 is 11.9 Å². The summed E-state index contributed by atoms with van der Waals surface area (Å²) in [7, 11) is 1.56. The molecule has 21 heavy (non-hydrogen) atoms. The Hall–Kier alpha value is -1.86. The van der Waals surface area contributed by atoms with Gasteiger partial charge in [0.15, 0.2) is 10.1 Å². The molecule has 2 aromatic rings. The first-order valence-corrected chi connectivity index (χ1v) is 7.43. The third-order valence-corrected chi connectivity index (χ3v) is 4.02. The minimum Gasteiger partial charge on any atom is -0.481 e. The van der Waals surface area contributed by atoms with Gasteiger partial charge < -0.3 is 10.0 Å². The van der Waals surface area contributed by atoms with Crippen molar-refractivity contribution in [3.05, 3.63) is 28.5 Å². The molecule has 0 fully saturated rings. The highest BCUT2D eigenvalue weighted by Crippen LogP contribution is 2.22. The molecule has 1 unspecified atom stereocenters. The van der Waals surface area contributed by atoms with Crippen molar-refractivity contribution in [2.24, 2.45) is 5.92 Å². The lowest BCUT2D eigenvalue weighted by Gasteiger charge is -2.17. The zero-order valence-corrected chi connectivity index (χ0v) is 13.1. The first kappa shape index (κ1) is 15.5. The number of carbonyl (C=O) groups excluding carboxylic acids is 1. The number of aliphatic carboxylic acids is 1. The van der Waals surface area contributed by atoms with Crippen LogP contribution in [-0.4, -0.2) is 44.9 Å². The number of carboxylic acids is 1. The SMILES string of the molecule is CC(CN(C)C(=O)C=Cc1c(Cl)nc2sccn12)C(=O)O. The van der Waals surface area contributed by atoms with Gasteiger partial charge in [0.2, 0.25) is 5.91 Å². The lowest BCUT2D eigenvalue weighted by Crippen LogP contribution is -2.32. The van der Waals surface area contributed by atoms with Crippen LogP contribution in [0, 0.1) is 5.92 Å². The number of fused-ring (bicyclic) bond motifs is 1. The number of hydrogen-bond acceptors (Lipinski definition) is 4. The molecule has 1 atom stereocenters. The van der Waals surface area contributed by atoms with Gasteiger partial charge in [-0.05, 0) is 6.08 Å². The molecule has 1 amide bonds. The van der Waals surface area contributed by atoms with E-state index in [1.165, 1.54) is 22.3 Å². The number of likely N-dealkylation sites (N-methyl/N-ethyl adjacent to an activating group) is 1. The van der Waals surface area contributed by atoms with Gasteiger partial charge in [-0.1, -0.05) is 18.5 Å². The fourth-order valence-corrected chi connectivity index (χ4v) is 2.79. The number of thiazole rings is 1. The summed E-state index contributed by atoms with van der Waals surface area (Å²) in [5, 5.41) is 11.0. The Balaban J connectivity index is 2.10. The topological polar surface area (TPSA) is 74.9 Å². The standard InChI is InChI=1S/C13H14ClN3O3S/c1-8(12(19)20)7-16(2)10(18)4-3-9-11(14)15-13-17(9)5-6-21-13/h3-6,8H,7H2,1-2H3,(H,19,20). The molecule has 0 aliphatic rings. The largest absolute Gasteiger partial charge is 0.481 e. The van der Waals surface area contributed by atoms with Crippen LogP contribution in [0.15, 0.2) is 17.7 Å². The minimum absolute atomic E-state index is 0.145. The molecule has 2 rings (SSSR count). The number of aromatic nitrogens is 2. The molecule has 0 aromatic carbocycles. The van der Waals surface area contributed by atoms with Crippen molar-refractivity contribution in [3.8, 4) is 0 Å². The number of amides is 1. The van der Waals surface area contributed by atoms with E-state index in [1.807, 2.05) is 11.6 Å². The van der Waals surface area contributed by atoms with Gasteiger partial charge in [-0.25, -0.2) is 4.98 Å². The smallest absolute Gasteiger partial charge is 0.308 e. The predicted octanol–water partition coefficient (Wildman–Crippen LogP) is 2.24. The fraction of sp³-hybridized carbons (Fsp3) is 0.308. The Morgan fingerprint density at radius 1 is 1.62 bits per heavy atom. The molecule has 0 aliphatic carbocycles. The summed E-state index contributed by atoms with van der Waals surface area (Å²) in [6.07, 6.45) is 4.76. The number of imidazole rings is 1. The molecule has 112 valence electrons. The van der Waals surface area contributed by atoms with Gasteiger partial charge in [0.05, 0.1) is 11.6 Å². The van der Waals surface area contributed by atoms with Crippen LogP contribution in [0.1, 0.15) is 12.6 Å². The molecule has 1 N–H and O–H groups in total. The van der Waals surface area contributed by atoms with Crippen LogP contribution >= 0.6 is 22.9 Å².